The molecule has 0 amide bonds. The van der Waals surface area contributed by atoms with Crippen LogP contribution in [0.1, 0.15) is 5.56 Å². The molecule has 0 unspecified atom stereocenters. The third kappa shape index (κ3) is 5.33. The summed E-state index contributed by atoms with van der Waals surface area (Å²) in [5.74, 6) is -2.07. The zero-order valence-corrected chi connectivity index (χ0v) is 14.4. The van der Waals surface area contributed by atoms with Crippen molar-refractivity contribution in [2.45, 2.75) is 6.61 Å². The molecule has 1 nitrogen and oxygen atoms in total. The Labute approximate surface area is 125 Å². The second-order valence-electron chi connectivity index (χ2n) is 3.41. The van der Waals surface area contributed by atoms with E-state index >= 15 is 0 Å². The van der Waals surface area contributed by atoms with Gasteiger partial charge in [-0.3, -0.25) is 0 Å². The van der Waals surface area contributed by atoms with E-state index in [-0.39, 0.29) is 12.4 Å². The molecule has 0 aliphatic heterocycles. The van der Waals surface area contributed by atoms with Gasteiger partial charge in [-0.2, -0.15) is 6.07 Å². The van der Waals surface area contributed by atoms with E-state index in [0.717, 1.165) is 12.1 Å². The minimum atomic E-state index is -0.936. The number of ether oxygens (including phenoxy) is 1. The van der Waals surface area contributed by atoms with Gasteiger partial charge < -0.3 is 4.74 Å². The van der Waals surface area contributed by atoms with Gasteiger partial charge in [-0.25, -0.2) is 13.2 Å². The Balaban J connectivity index is 0.000000861. The van der Waals surface area contributed by atoms with Gasteiger partial charge in [0.1, 0.15) is 6.61 Å². The van der Waals surface area contributed by atoms with Crippen LogP contribution in [0.15, 0.2) is 36.4 Å². The van der Waals surface area contributed by atoms with Crippen LogP contribution in [0.4, 0.5) is 13.2 Å². The van der Waals surface area contributed by atoms with Crippen molar-refractivity contribution in [3.63, 3.8) is 0 Å². The predicted octanol–water partition coefficient (Wildman–Crippen LogP) is 4.33. The Kier molecular flexibility index (Phi) is 7.10. The molecule has 2 aromatic carbocycles. The van der Waals surface area contributed by atoms with Gasteiger partial charge in [-0.05, 0) is 17.7 Å². The number of benzene rings is 2. The zero-order valence-electron chi connectivity index (χ0n) is 9.80. The molecule has 19 heavy (non-hydrogen) atoms. The van der Waals surface area contributed by atoms with Crippen molar-refractivity contribution < 1.29 is 34.3 Å². The van der Waals surface area contributed by atoms with Crippen molar-refractivity contribution >= 4 is 13.6 Å². The van der Waals surface area contributed by atoms with Crippen LogP contribution in [0.25, 0.3) is 0 Å². The van der Waals surface area contributed by atoms with E-state index in [1.54, 1.807) is 0 Å². The Morgan fingerprint density at radius 2 is 1.79 bits per heavy atom. The third-order valence-electron chi connectivity index (χ3n) is 2.12. The average molecular weight is 382 g/mol. The summed E-state index contributed by atoms with van der Waals surface area (Å²) in [6.45, 7) is 0.0250. The van der Waals surface area contributed by atoms with Crippen LogP contribution in [0, 0.1) is 23.5 Å². The van der Waals surface area contributed by atoms with E-state index in [9.17, 15) is 13.2 Å². The van der Waals surface area contributed by atoms with Gasteiger partial charge in [-0.1, -0.05) is 12.1 Å². The SMILES string of the molecule is Fc1cc[c-]c(OCc2ccc(F)c(F)c2)c1.[Zn+][Br]. The van der Waals surface area contributed by atoms with E-state index in [0.29, 0.717) is 5.56 Å². The Morgan fingerprint density at radius 1 is 1.05 bits per heavy atom. The zero-order chi connectivity index (χ0) is 14.3. The molecule has 0 atom stereocenters. The van der Waals surface area contributed by atoms with Crippen molar-refractivity contribution in [3.05, 3.63) is 65.5 Å². The molecule has 0 bridgehead atoms. The van der Waals surface area contributed by atoms with Crippen molar-refractivity contribution in [1.29, 1.82) is 0 Å². The van der Waals surface area contributed by atoms with Gasteiger partial charge in [0.05, 0.1) is 0 Å². The normalized spacial score (nSPS) is 9.58. The van der Waals surface area contributed by atoms with E-state index in [4.69, 9.17) is 4.74 Å². The average Bonchev–Trinajstić information content (AvgIpc) is 2.43. The van der Waals surface area contributed by atoms with Gasteiger partial charge in [0.15, 0.2) is 11.6 Å². The van der Waals surface area contributed by atoms with E-state index < -0.39 is 17.5 Å². The van der Waals surface area contributed by atoms with E-state index in [1.165, 1.54) is 40.6 Å². The fraction of sp³-hybridized carbons (Fsp3) is 0.0769. The molecule has 0 aliphatic rings. The molecule has 0 saturated heterocycles. The first-order chi connectivity index (χ1) is 9.15. The monoisotopic (exact) mass is 380 g/mol. The number of hydrogen-bond donors (Lipinski definition) is 0. The summed E-state index contributed by atoms with van der Waals surface area (Å²) >= 11 is 4.25. The summed E-state index contributed by atoms with van der Waals surface area (Å²) in [5.41, 5.74) is 0.460. The summed E-state index contributed by atoms with van der Waals surface area (Å²) in [6, 6.07) is 9.92. The maximum absolute atomic E-state index is 12.9. The van der Waals surface area contributed by atoms with Crippen LogP contribution in [-0.4, -0.2) is 0 Å². The first kappa shape index (κ1) is 16.2. The van der Waals surface area contributed by atoms with Crippen molar-refractivity contribution in [2.75, 3.05) is 0 Å². The minimum absolute atomic E-state index is 0.0250. The standard InChI is InChI=1S/C13H8F3O.BrH.Zn/c14-10-2-1-3-11(7-10)17-8-9-4-5-12(15)13(16)6-9;;/h1-2,4-7H,8H2;1H;/q-1;;+2/p-1. The summed E-state index contributed by atoms with van der Waals surface area (Å²) in [4.78, 5) is 0. The molecular weight excluding hydrogens is 374 g/mol. The van der Waals surface area contributed by atoms with Crippen LogP contribution < -0.4 is 4.74 Å². The van der Waals surface area contributed by atoms with Crippen LogP contribution in [0.5, 0.6) is 5.75 Å². The molecule has 0 N–H and O–H groups in total. The number of hydrogen-bond acceptors (Lipinski definition) is 1. The van der Waals surface area contributed by atoms with E-state index in [1.807, 2.05) is 0 Å². The van der Waals surface area contributed by atoms with E-state index in [2.05, 4.69) is 19.7 Å². The van der Waals surface area contributed by atoms with Crippen LogP contribution >= 0.6 is 13.6 Å². The summed E-state index contributed by atoms with van der Waals surface area (Å²) in [5, 5.41) is 0. The van der Waals surface area contributed by atoms with Crippen molar-refractivity contribution in [1.82, 2.24) is 0 Å². The molecule has 0 heterocycles. The second-order valence-corrected chi connectivity index (χ2v) is 3.41. The molecule has 0 radical (unpaired) electrons. The van der Waals surface area contributed by atoms with Gasteiger partial charge >= 0.3 is 30.0 Å². The molecule has 0 saturated carbocycles. The molecule has 6 heteroatoms. The van der Waals surface area contributed by atoms with Crippen LogP contribution in [-0.2, 0) is 22.9 Å². The molecule has 0 aromatic heterocycles. The second kappa shape index (κ2) is 8.33. The molecule has 96 valence electrons. The van der Waals surface area contributed by atoms with Gasteiger partial charge in [-0.15, -0.1) is 12.1 Å². The Hall–Kier alpha value is -0.867. The van der Waals surface area contributed by atoms with Crippen molar-refractivity contribution in [2.24, 2.45) is 0 Å². The third-order valence-corrected chi connectivity index (χ3v) is 2.12. The number of rotatable bonds is 3. The summed E-state index contributed by atoms with van der Waals surface area (Å²) < 4.78 is 43.5. The van der Waals surface area contributed by atoms with Crippen LogP contribution in [0.2, 0.25) is 0 Å². The molecular formula is C13H8BrF3OZn. The Morgan fingerprint density at radius 3 is 2.42 bits per heavy atom. The number of halogens is 4. The first-order valence-corrected chi connectivity index (χ1v) is 12.1. The van der Waals surface area contributed by atoms with Crippen molar-refractivity contribution in [3.8, 4) is 5.75 Å². The van der Waals surface area contributed by atoms with Crippen LogP contribution in [0.3, 0.4) is 0 Å². The Bertz CT molecular complexity index is 537. The quantitative estimate of drug-likeness (QED) is 0.567. The van der Waals surface area contributed by atoms with Gasteiger partial charge in [0.25, 0.3) is 0 Å². The molecule has 0 spiro atoms. The fourth-order valence-electron chi connectivity index (χ4n) is 1.29. The maximum atomic E-state index is 12.9. The van der Waals surface area contributed by atoms with Gasteiger partial charge in [0.2, 0.25) is 0 Å². The molecule has 0 fully saturated rings. The molecule has 0 aliphatic carbocycles. The van der Waals surface area contributed by atoms with Gasteiger partial charge in [0, 0.05) is 11.6 Å². The topological polar surface area (TPSA) is 9.23 Å². The predicted molar refractivity (Wildman–Crippen MR) is 64.9 cm³/mol. The fourth-order valence-corrected chi connectivity index (χ4v) is 1.29. The molecule has 2 rings (SSSR count). The summed E-state index contributed by atoms with van der Waals surface area (Å²) in [7, 11) is 0. The first-order valence-electron chi connectivity index (χ1n) is 5.16. The molecule has 2 aromatic rings. The summed E-state index contributed by atoms with van der Waals surface area (Å²) in [6.07, 6.45) is 0.